The third-order valence-electron chi connectivity index (χ3n) is 6.05. The van der Waals surface area contributed by atoms with Crippen molar-refractivity contribution in [3.63, 3.8) is 0 Å². The molecule has 10 heteroatoms. The minimum Gasteiger partial charge on any atom is -0.299 e. The van der Waals surface area contributed by atoms with Gasteiger partial charge < -0.3 is 0 Å². The summed E-state index contributed by atoms with van der Waals surface area (Å²) in [5, 5.41) is 8.82. The van der Waals surface area contributed by atoms with Gasteiger partial charge in [0, 0.05) is 51.2 Å². The van der Waals surface area contributed by atoms with Gasteiger partial charge in [-0.05, 0) is 31.2 Å². The van der Waals surface area contributed by atoms with Gasteiger partial charge in [0.1, 0.15) is 0 Å². The maximum atomic E-state index is 12.4. The molecule has 162 valence electrons. The molecule has 0 aliphatic carbocycles. The van der Waals surface area contributed by atoms with E-state index < -0.39 is 0 Å². The maximum Gasteiger partial charge on any atom is 0.350 e. The first-order chi connectivity index (χ1) is 15.1. The minimum atomic E-state index is -0.0974. The third kappa shape index (κ3) is 3.79. The molecule has 1 saturated heterocycles. The lowest BCUT2D eigenvalue weighted by Gasteiger charge is -2.39. The molecule has 0 spiro atoms. The third-order valence-corrected chi connectivity index (χ3v) is 6.05. The van der Waals surface area contributed by atoms with Crippen molar-refractivity contribution in [3.05, 3.63) is 69.8 Å². The van der Waals surface area contributed by atoms with E-state index in [0.717, 1.165) is 32.7 Å². The van der Waals surface area contributed by atoms with Crippen molar-refractivity contribution in [2.45, 2.75) is 26.1 Å². The predicted molar refractivity (Wildman–Crippen MR) is 116 cm³/mol. The van der Waals surface area contributed by atoms with Crippen molar-refractivity contribution in [3.8, 4) is 0 Å². The number of fused-ring (bicyclic) bond motifs is 2. The van der Waals surface area contributed by atoms with Crippen LogP contribution in [0.5, 0.6) is 0 Å². The highest BCUT2D eigenvalue weighted by atomic mass is 16.2. The first kappa shape index (κ1) is 19.7. The normalized spacial score (nSPS) is 18.3. The Morgan fingerprint density at radius 2 is 1.39 bits per heavy atom. The van der Waals surface area contributed by atoms with Crippen LogP contribution in [0.15, 0.2) is 58.4 Å². The molecule has 0 radical (unpaired) electrons. The van der Waals surface area contributed by atoms with E-state index in [1.807, 2.05) is 36.4 Å². The number of rotatable bonds is 6. The van der Waals surface area contributed by atoms with E-state index in [1.54, 1.807) is 30.6 Å². The van der Waals surface area contributed by atoms with Gasteiger partial charge in [0.2, 0.25) is 0 Å². The van der Waals surface area contributed by atoms with E-state index in [-0.39, 0.29) is 11.4 Å². The molecule has 1 aliphatic heterocycles. The SMILES string of the molecule is CC1CN(CCn2nc3ccccn3c2=O)CCN1CCn1nc2ccccn2c1=O. The Kier molecular flexibility index (Phi) is 5.16. The van der Waals surface area contributed by atoms with Gasteiger partial charge in [-0.3, -0.25) is 18.6 Å². The van der Waals surface area contributed by atoms with Crippen molar-refractivity contribution >= 4 is 11.3 Å². The molecule has 1 atom stereocenters. The zero-order chi connectivity index (χ0) is 21.4. The molecule has 5 heterocycles. The average Bonchev–Trinajstić information content (AvgIpc) is 3.28. The summed E-state index contributed by atoms with van der Waals surface area (Å²) in [6.07, 6.45) is 3.49. The summed E-state index contributed by atoms with van der Waals surface area (Å²) in [7, 11) is 0. The lowest BCUT2D eigenvalue weighted by Crippen LogP contribution is -2.53. The number of piperazine rings is 1. The van der Waals surface area contributed by atoms with Crippen LogP contribution in [0.1, 0.15) is 6.92 Å². The lowest BCUT2D eigenvalue weighted by molar-refractivity contribution is 0.0767. The van der Waals surface area contributed by atoms with Gasteiger partial charge in [-0.2, -0.15) is 0 Å². The quantitative estimate of drug-likeness (QED) is 0.435. The van der Waals surface area contributed by atoms with Crippen LogP contribution in [0.2, 0.25) is 0 Å². The molecule has 0 aromatic carbocycles. The fraction of sp³-hybridized carbons (Fsp3) is 0.429. The summed E-state index contributed by atoms with van der Waals surface area (Å²) in [6.45, 7) is 7.68. The van der Waals surface area contributed by atoms with Gasteiger partial charge >= 0.3 is 11.4 Å². The van der Waals surface area contributed by atoms with Gasteiger partial charge in [-0.1, -0.05) is 12.1 Å². The topological polar surface area (TPSA) is 85.1 Å². The van der Waals surface area contributed by atoms with Crippen LogP contribution >= 0.6 is 0 Å². The van der Waals surface area contributed by atoms with Gasteiger partial charge in [0.25, 0.3) is 0 Å². The number of nitrogens with zero attached hydrogens (tertiary/aromatic N) is 8. The number of hydrogen-bond donors (Lipinski definition) is 0. The van der Waals surface area contributed by atoms with Crippen molar-refractivity contribution < 1.29 is 0 Å². The molecule has 31 heavy (non-hydrogen) atoms. The number of pyridine rings is 2. The highest BCUT2D eigenvalue weighted by Crippen LogP contribution is 2.09. The van der Waals surface area contributed by atoms with Crippen molar-refractivity contribution in [2.24, 2.45) is 0 Å². The number of hydrogen-bond acceptors (Lipinski definition) is 6. The highest BCUT2D eigenvalue weighted by molar-refractivity contribution is 5.36. The summed E-state index contributed by atoms with van der Waals surface area (Å²) in [5.41, 5.74) is 1.15. The zero-order valence-electron chi connectivity index (χ0n) is 17.5. The second-order valence-corrected chi connectivity index (χ2v) is 8.05. The second kappa shape index (κ2) is 8.12. The van der Waals surface area contributed by atoms with Crippen LogP contribution in [0.4, 0.5) is 0 Å². The molecule has 5 rings (SSSR count). The van der Waals surface area contributed by atoms with Crippen LogP contribution in [0, 0.1) is 0 Å². The smallest absolute Gasteiger partial charge is 0.299 e. The van der Waals surface area contributed by atoms with E-state index in [1.165, 1.54) is 0 Å². The molecule has 1 fully saturated rings. The fourth-order valence-corrected chi connectivity index (χ4v) is 4.29. The van der Waals surface area contributed by atoms with E-state index in [2.05, 4.69) is 26.9 Å². The summed E-state index contributed by atoms with van der Waals surface area (Å²) >= 11 is 0. The van der Waals surface area contributed by atoms with Gasteiger partial charge in [0.15, 0.2) is 11.3 Å². The lowest BCUT2D eigenvalue weighted by atomic mass is 10.2. The molecule has 10 nitrogen and oxygen atoms in total. The highest BCUT2D eigenvalue weighted by Gasteiger charge is 2.24. The summed E-state index contributed by atoms with van der Waals surface area (Å²) < 4.78 is 6.23. The van der Waals surface area contributed by atoms with E-state index >= 15 is 0 Å². The predicted octanol–water partition coefficient (Wildman–Crippen LogP) is 0.0117. The molecule has 1 unspecified atom stereocenters. The second-order valence-electron chi connectivity index (χ2n) is 8.05. The van der Waals surface area contributed by atoms with Crippen molar-refractivity contribution in [1.29, 1.82) is 0 Å². The Labute approximate surface area is 178 Å². The summed E-state index contributed by atoms with van der Waals surface area (Å²) in [6, 6.07) is 11.5. The van der Waals surface area contributed by atoms with Crippen LogP contribution in [-0.2, 0) is 13.1 Å². The van der Waals surface area contributed by atoms with Crippen LogP contribution in [-0.4, -0.2) is 76.9 Å². The fourth-order valence-electron chi connectivity index (χ4n) is 4.29. The molecule has 1 aliphatic rings. The van der Waals surface area contributed by atoms with Crippen molar-refractivity contribution in [1.82, 2.24) is 38.2 Å². The van der Waals surface area contributed by atoms with Crippen LogP contribution in [0.25, 0.3) is 11.3 Å². The molecule has 0 bridgehead atoms. The molecule has 0 N–H and O–H groups in total. The molecular weight excluding hydrogens is 396 g/mol. The van der Waals surface area contributed by atoms with Gasteiger partial charge in [-0.25, -0.2) is 19.0 Å². The molecule has 4 aromatic rings. The summed E-state index contributed by atoms with van der Waals surface area (Å²) in [5.74, 6) is 0. The standard InChI is InChI=1S/C21H26N8O2/c1-17-16-24(11-14-28-20(30)26-8-4-2-6-18(26)22-28)10-12-25(17)13-15-29-21(31)27-9-5-3-7-19(27)23-29/h2-9,17H,10-16H2,1H3. The van der Waals surface area contributed by atoms with Gasteiger partial charge in [-0.15, -0.1) is 10.2 Å². The van der Waals surface area contributed by atoms with E-state index in [9.17, 15) is 9.59 Å². The minimum absolute atomic E-state index is 0.0971. The van der Waals surface area contributed by atoms with Gasteiger partial charge in [0.05, 0.1) is 13.1 Å². The number of aromatic nitrogens is 6. The Bertz CT molecular complexity index is 1320. The molecular formula is C21H26N8O2. The molecule has 0 amide bonds. The first-order valence-electron chi connectivity index (χ1n) is 10.6. The Morgan fingerprint density at radius 1 is 0.806 bits per heavy atom. The first-order valence-corrected chi connectivity index (χ1v) is 10.6. The Balaban J connectivity index is 1.16. The largest absolute Gasteiger partial charge is 0.350 e. The Morgan fingerprint density at radius 3 is 1.94 bits per heavy atom. The van der Waals surface area contributed by atoms with E-state index in [0.29, 0.717) is 30.4 Å². The zero-order valence-corrected chi connectivity index (χ0v) is 17.5. The van der Waals surface area contributed by atoms with Crippen LogP contribution in [0.3, 0.4) is 0 Å². The Hall–Kier alpha value is -3.24. The molecule has 4 aromatic heterocycles. The van der Waals surface area contributed by atoms with E-state index in [4.69, 9.17) is 0 Å². The molecule has 0 saturated carbocycles. The maximum absolute atomic E-state index is 12.4. The monoisotopic (exact) mass is 422 g/mol. The summed E-state index contributed by atoms with van der Waals surface area (Å²) in [4.78, 5) is 29.6. The average molecular weight is 422 g/mol. The van der Waals surface area contributed by atoms with Crippen LogP contribution < -0.4 is 11.4 Å². The van der Waals surface area contributed by atoms with Crippen molar-refractivity contribution in [2.75, 3.05) is 32.7 Å².